The molecule has 0 fully saturated rings. The third-order valence-corrected chi connectivity index (χ3v) is 3.66. The highest BCUT2D eigenvalue weighted by atomic mass is 28.4. The lowest BCUT2D eigenvalue weighted by Gasteiger charge is -2.16. The van der Waals surface area contributed by atoms with E-state index >= 15 is 0 Å². The van der Waals surface area contributed by atoms with Crippen molar-refractivity contribution in [2.45, 2.75) is 19.6 Å². The molecule has 0 aliphatic heterocycles. The summed E-state index contributed by atoms with van der Waals surface area (Å²) >= 11 is 0. The molecule has 0 saturated heterocycles. The van der Waals surface area contributed by atoms with E-state index in [1.807, 2.05) is 30.3 Å². The van der Waals surface area contributed by atoms with Gasteiger partial charge in [-0.3, -0.25) is 0 Å². The molecule has 0 unspecified atom stereocenters. The van der Waals surface area contributed by atoms with Crippen LogP contribution < -0.4 is 0 Å². The van der Waals surface area contributed by atoms with Gasteiger partial charge >= 0.3 is 5.97 Å². The normalized spacial score (nSPS) is 11.2. The van der Waals surface area contributed by atoms with Crippen LogP contribution in [0.5, 0.6) is 0 Å². The fourth-order valence-corrected chi connectivity index (χ4v) is 2.24. The Morgan fingerprint density at radius 1 is 1.05 bits per heavy atom. The lowest BCUT2D eigenvalue weighted by Crippen LogP contribution is -2.27. The number of hydrogen-bond acceptors (Lipinski definition) is 4. The predicted molar refractivity (Wildman–Crippen MR) is 86.6 cm³/mol. The van der Waals surface area contributed by atoms with Crippen LogP contribution in [0.2, 0.25) is 19.6 Å². The number of ether oxygens (including phenoxy) is 2. The van der Waals surface area contributed by atoms with E-state index in [2.05, 4.69) is 26.2 Å². The maximum absolute atomic E-state index is 11.8. The second-order valence-corrected chi connectivity index (χ2v) is 10.1. The second kappa shape index (κ2) is 8.77. The van der Waals surface area contributed by atoms with E-state index in [9.17, 15) is 4.79 Å². The van der Waals surface area contributed by atoms with Gasteiger partial charge in [0.2, 0.25) is 0 Å². The van der Waals surface area contributed by atoms with Crippen molar-refractivity contribution in [3.8, 4) is 0 Å². The molecule has 0 aliphatic rings. The average molecular weight is 308 g/mol. The highest BCUT2D eigenvalue weighted by Gasteiger charge is 2.13. The van der Waals surface area contributed by atoms with E-state index < -0.39 is 14.3 Å². The lowest BCUT2D eigenvalue weighted by molar-refractivity contribution is -0.138. The second-order valence-electron chi connectivity index (χ2n) is 5.55. The minimum Gasteiger partial charge on any atom is -0.460 e. The van der Waals surface area contributed by atoms with Gasteiger partial charge in [0, 0.05) is 0 Å². The molecule has 0 atom stereocenters. The van der Waals surface area contributed by atoms with E-state index in [1.54, 1.807) is 0 Å². The number of carbonyl (C=O) groups excluding carboxylic acids is 1. The Bertz CT molecular complexity index is 451. The van der Waals surface area contributed by atoms with Crippen LogP contribution in [0.15, 0.2) is 36.9 Å². The summed E-state index contributed by atoms with van der Waals surface area (Å²) in [4.78, 5) is 11.8. The van der Waals surface area contributed by atoms with Crippen LogP contribution in [0.25, 0.3) is 5.57 Å². The van der Waals surface area contributed by atoms with E-state index in [0.717, 1.165) is 5.56 Å². The number of esters is 1. The zero-order chi connectivity index (χ0) is 15.7. The Kier molecular flexibility index (Phi) is 7.35. The number of hydrogen-bond donors (Lipinski definition) is 0. The molecule has 0 aliphatic carbocycles. The van der Waals surface area contributed by atoms with Gasteiger partial charge < -0.3 is 13.9 Å². The molecule has 0 amide bonds. The minimum absolute atomic E-state index is 0.220. The summed E-state index contributed by atoms with van der Waals surface area (Å²) in [5.41, 5.74) is 1.13. The lowest BCUT2D eigenvalue weighted by atomic mass is 10.1. The smallest absolute Gasteiger partial charge is 0.338 e. The summed E-state index contributed by atoms with van der Waals surface area (Å²) in [6, 6.07) is 9.25. The molecule has 0 aromatic heterocycles. The van der Waals surface area contributed by atoms with Crippen LogP contribution in [-0.2, 0) is 18.7 Å². The zero-order valence-corrected chi connectivity index (χ0v) is 14.1. The number of benzene rings is 1. The fraction of sp³-hybridized carbons (Fsp3) is 0.438. The first-order valence-electron chi connectivity index (χ1n) is 7.03. The van der Waals surface area contributed by atoms with Crippen LogP contribution >= 0.6 is 0 Å². The van der Waals surface area contributed by atoms with Gasteiger partial charge in [-0.05, 0) is 25.2 Å². The third kappa shape index (κ3) is 7.80. The molecule has 1 aromatic carbocycles. The topological polar surface area (TPSA) is 44.8 Å². The molecule has 0 spiro atoms. The Labute approximate surface area is 127 Å². The van der Waals surface area contributed by atoms with Crippen LogP contribution in [0, 0.1) is 0 Å². The summed E-state index contributed by atoms with van der Waals surface area (Å²) in [5, 5.41) is 0. The molecule has 0 N–H and O–H groups in total. The molecule has 0 heterocycles. The van der Waals surface area contributed by atoms with Crippen LogP contribution in [0.3, 0.4) is 0 Å². The van der Waals surface area contributed by atoms with E-state index in [-0.39, 0.29) is 6.61 Å². The van der Waals surface area contributed by atoms with Crippen molar-refractivity contribution < 1.29 is 18.7 Å². The highest BCUT2D eigenvalue weighted by Crippen LogP contribution is 2.12. The predicted octanol–water partition coefficient (Wildman–Crippen LogP) is 3.11. The Balaban J connectivity index is 2.13. The molecular formula is C16H24O4Si. The highest BCUT2D eigenvalue weighted by molar-refractivity contribution is 6.69. The number of rotatable bonds is 9. The van der Waals surface area contributed by atoms with Crippen molar-refractivity contribution in [2.75, 3.05) is 26.4 Å². The SMILES string of the molecule is C=C(C(=O)OCCOCCO[Si](C)(C)C)c1ccccc1. The van der Waals surface area contributed by atoms with E-state index in [0.29, 0.717) is 25.4 Å². The van der Waals surface area contributed by atoms with Gasteiger partial charge in [-0.2, -0.15) is 0 Å². The summed E-state index contributed by atoms with van der Waals surface area (Å²) in [5.74, 6) is -0.414. The minimum atomic E-state index is -1.47. The van der Waals surface area contributed by atoms with Gasteiger partial charge in [-0.25, -0.2) is 4.79 Å². The molecule has 1 rings (SSSR count). The first kappa shape index (κ1) is 17.6. The standard InChI is InChI=1S/C16H24O4Si/c1-14(15-8-6-5-7-9-15)16(17)19-12-10-18-11-13-20-21(2,3)4/h5-9H,1,10-13H2,2-4H3. The summed E-state index contributed by atoms with van der Waals surface area (Å²) in [7, 11) is -1.47. The van der Waals surface area contributed by atoms with Crippen LogP contribution in [0.1, 0.15) is 5.56 Å². The van der Waals surface area contributed by atoms with Gasteiger partial charge in [0.15, 0.2) is 8.32 Å². The van der Waals surface area contributed by atoms with E-state index in [1.165, 1.54) is 0 Å². The molecule has 4 nitrogen and oxygen atoms in total. The van der Waals surface area contributed by atoms with Crippen molar-refractivity contribution >= 4 is 19.9 Å². The van der Waals surface area contributed by atoms with Gasteiger partial charge in [0.1, 0.15) is 6.61 Å². The van der Waals surface area contributed by atoms with Crippen molar-refractivity contribution in [1.29, 1.82) is 0 Å². The number of carbonyl (C=O) groups is 1. The molecule has 0 radical (unpaired) electrons. The van der Waals surface area contributed by atoms with Crippen LogP contribution in [0.4, 0.5) is 0 Å². The Hall–Kier alpha value is -1.43. The molecular weight excluding hydrogens is 284 g/mol. The van der Waals surface area contributed by atoms with Gasteiger partial charge in [0.25, 0.3) is 0 Å². The quantitative estimate of drug-likeness (QED) is 0.304. The Morgan fingerprint density at radius 3 is 2.29 bits per heavy atom. The molecule has 5 heteroatoms. The average Bonchev–Trinajstić information content (AvgIpc) is 2.45. The zero-order valence-electron chi connectivity index (χ0n) is 13.1. The molecule has 1 aromatic rings. The Morgan fingerprint density at radius 2 is 1.67 bits per heavy atom. The van der Waals surface area contributed by atoms with Crippen molar-refractivity contribution in [2.24, 2.45) is 0 Å². The first-order chi connectivity index (χ1) is 9.90. The van der Waals surface area contributed by atoms with Crippen LogP contribution in [-0.4, -0.2) is 40.7 Å². The maximum atomic E-state index is 11.8. The molecule has 0 saturated carbocycles. The molecule has 116 valence electrons. The monoisotopic (exact) mass is 308 g/mol. The molecule has 21 heavy (non-hydrogen) atoms. The first-order valence-corrected chi connectivity index (χ1v) is 10.4. The summed E-state index contributed by atoms with van der Waals surface area (Å²) in [6.07, 6.45) is 0. The van der Waals surface area contributed by atoms with E-state index in [4.69, 9.17) is 13.9 Å². The third-order valence-electron chi connectivity index (χ3n) is 2.59. The summed E-state index contributed by atoms with van der Waals surface area (Å²) in [6.45, 7) is 11.8. The van der Waals surface area contributed by atoms with Gasteiger partial charge in [-0.1, -0.05) is 36.9 Å². The largest absolute Gasteiger partial charge is 0.460 e. The summed E-state index contributed by atoms with van der Waals surface area (Å²) < 4.78 is 16.1. The van der Waals surface area contributed by atoms with Crippen molar-refractivity contribution in [3.63, 3.8) is 0 Å². The van der Waals surface area contributed by atoms with Gasteiger partial charge in [-0.15, -0.1) is 0 Å². The maximum Gasteiger partial charge on any atom is 0.338 e. The molecule has 0 bridgehead atoms. The van der Waals surface area contributed by atoms with Crippen molar-refractivity contribution in [3.05, 3.63) is 42.5 Å². The van der Waals surface area contributed by atoms with Crippen molar-refractivity contribution in [1.82, 2.24) is 0 Å². The van der Waals surface area contributed by atoms with Gasteiger partial charge in [0.05, 0.1) is 25.4 Å². The fourth-order valence-electron chi connectivity index (χ4n) is 1.55.